The normalized spacial score (nSPS) is 11.6. The summed E-state index contributed by atoms with van der Waals surface area (Å²) in [5.41, 5.74) is -0.540. The Morgan fingerprint density at radius 2 is 2.29 bits per heavy atom. The average Bonchev–Trinajstić information content (AvgIpc) is 2.41. The highest BCUT2D eigenvalue weighted by molar-refractivity contribution is 5.89. The van der Waals surface area contributed by atoms with Crippen LogP contribution in [-0.4, -0.2) is 29.6 Å². The maximum Gasteiger partial charge on any atom is 0.215 e. The first-order valence-electron chi connectivity index (χ1n) is 7.14. The van der Waals surface area contributed by atoms with Gasteiger partial charge in [-0.05, 0) is 45.4 Å². The Bertz CT molecular complexity index is 481. The maximum atomic E-state index is 13.2. The number of carbonyl (C=O) groups is 1. The zero-order valence-electron chi connectivity index (χ0n) is 12.9. The molecule has 0 bridgehead atoms. The van der Waals surface area contributed by atoms with Crippen molar-refractivity contribution in [2.45, 2.75) is 39.3 Å². The number of ether oxygens (including phenoxy) is 1. The molecule has 0 aliphatic heterocycles. The van der Waals surface area contributed by atoms with Gasteiger partial charge in [0.25, 0.3) is 0 Å². The highest BCUT2D eigenvalue weighted by atomic mass is 19.1. The van der Waals surface area contributed by atoms with Crippen LogP contribution in [-0.2, 0) is 4.79 Å². The van der Waals surface area contributed by atoms with Crippen molar-refractivity contribution >= 4 is 11.5 Å². The van der Waals surface area contributed by atoms with Crippen molar-refractivity contribution in [2.24, 2.45) is 0 Å². The number of halogens is 1. The minimum atomic E-state index is -1.44. The summed E-state index contributed by atoms with van der Waals surface area (Å²) in [7, 11) is 0. The molecule has 1 N–H and O–H groups in total. The second-order valence-electron chi connectivity index (χ2n) is 5.21. The molecule has 0 fully saturated rings. The molecule has 0 unspecified atom stereocenters. The Kier molecular flexibility index (Phi) is 6.85. The van der Waals surface area contributed by atoms with Gasteiger partial charge in [-0.25, -0.2) is 9.37 Å². The van der Waals surface area contributed by atoms with E-state index < -0.39 is 5.67 Å². The summed E-state index contributed by atoms with van der Waals surface area (Å²) < 4.78 is 18.5. The highest BCUT2D eigenvalue weighted by Crippen LogP contribution is 2.14. The minimum absolute atomic E-state index is 0.0627. The fourth-order valence-corrected chi connectivity index (χ4v) is 1.62. The van der Waals surface area contributed by atoms with Crippen molar-refractivity contribution in [1.29, 1.82) is 0 Å². The van der Waals surface area contributed by atoms with Crippen LogP contribution in [0.25, 0.3) is 0 Å². The van der Waals surface area contributed by atoms with Gasteiger partial charge >= 0.3 is 0 Å². The summed E-state index contributed by atoms with van der Waals surface area (Å²) in [5.74, 6) is 0.513. The fraction of sp³-hybridized carbons (Fsp3) is 0.500. The molecule has 1 aromatic heterocycles. The third-order valence-electron chi connectivity index (χ3n) is 2.62. The number of rotatable bonds is 9. The molecule has 0 saturated carbocycles. The molecule has 0 aliphatic rings. The topological polar surface area (TPSA) is 51.2 Å². The Balaban J connectivity index is 2.29. The van der Waals surface area contributed by atoms with E-state index in [1.807, 2.05) is 19.1 Å². The van der Waals surface area contributed by atoms with E-state index in [1.54, 1.807) is 6.20 Å². The van der Waals surface area contributed by atoms with Crippen molar-refractivity contribution in [1.82, 2.24) is 4.98 Å². The van der Waals surface area contributed by atoms with Crippen LogP contribution in [0.1, 0.15) is 33.6 Å². The molecule has 5 heteroatoms. The molecule has 21 heavy (non-hydrogen) atoms. The molecule has 4 nitrogen and oxygen atoms in total. The van der Waals surface area contributed by atoms with Gasteiger partial charge in [0.2, 0.25) is 5.88 Å². The average molecular weight is 294 g/mol. The van der Waals surface area contributed by atoms with E-state index in [0.29, 0.717) is 31.9 Å². The van der Waals surface area contributed by atoms with Crippen molar-refractivity contribution in [3.63, 3.8) is 0 Å². The van der Waals surface area contributed by atoms with E-state index in [-0.39, 0.29) is 5.78 Å². The fourth-order valence-electron chi connectivity index (χ4n) is 1.62. The maximum absolute atomic E-state index is 13.2. The molecular weight excluding hydrogens is 271 g/mol. The first-order valence-corrected chi connectivity index (χ1v) is 7.14. The van der Waals surface area contributed by atoms with Gasteiger partial charge in [-0.3, -0.25) is 4.79 Å². The van der Waals surface area contributed by atoms with Gasteiger partial charge in [0.15, 0.2) is 5.78 Å². The van der Waals surface area contributed by atoms with E-state index >= 15 is 0 Å². The number of allylic oxidation sites excluding steroid dienone is 2. The van der Waals surface area contributed by atoms with Crippen LogP contribution in [0.15, 0.2) is 30.5 Å². The zero-order valence-corrected chi connectivity index (χ0v) is 12.9. The number of ketones is 1. The number of nitrogens with one attached hydrogen (secondary N) is 1. The van der Waals surface area contributed by atoms with Crippen LogP contribution in [0.5, 0.6) is 5.88 Å². The summed E-state index contributed by atoms with van der Waals surface area (Å²) in [6.45, 7) is 5.96. The number of anilines is 1. The third kappa shape index (κ3) is 8.07. The second kappa shape index (κ2) is 8.39. The van der Waals surface area contributed by atoms with Crippen LogP contribution >= 0.6 is 0 Å². The Morgan fingerprint density at radius 3 is 2.95 bits per heavy atom. The van der Waals surface area contributed by atoms with Crippen molar-refractivity contribution in [3.8, 4) is 5.88 Å². The summed E-state index contributed by atoms with van der Waals surface area (Å²) in [6.07, 6.45) is 5.36. The van der Waals surface area contributed by atoms with E-state index in [4.69, 9.17) is 4.74 Å². The largest absolute Gasteiger partial charge is 0.478 e. The van der Waals surface area contributed by atoms with Crippen molar-refractivity contribution in [3.05, 3.63) is 30.5 Å². The highest BCUT2D eigenvalue weighted by Gasteiger charge is 2.10. The van der Waals surface area contributed by atoms with E-state index in [0.717, 1.165) is 5.69 Å². The number of hydrogen-bond acceptors (Lipinski definition) is 4. The summed E-state index contributed by atoms with van der Waals surface area (Å²) in [5, 5.41) is 3.20. The Morgan fingerprint density at radius 1 is 1.52 bits per heavy atom. The first-order chi connectivity index (χ1) is 9.90. The van der Waals surface area contributed by atoms with Gasteiger partial charge in [0, 0.05) is 30.9 Å². The standard InChI is InChI=1S/C16H23FN2O2/c1-4-21-15-12-13(8-11-19-15)18-10-5-6-14(20)7-9-16(2,3)17/h7-9,11-12H,4-6,10H2,1-3H3,(H,18,19)/b9-7+. The molecule has 116 valence electrons. The van der Waals surface area contributed by atoms with Crippen LogP contribution in [0.4, 0.5) is 10.1 Å². The van der Waals surface area contributed by atoms with Crippen LogP contribution < -0.4 is 10.1 Å². The molecule has 0 radical (unpaired) electrons. The predicted molar refractivity (Wildman–Crippen MR) is 82.5 cm³/mol. The zero-order chi connectivity index (χ0) is 15.7. The lowest BCUT2D eigenvalue weighted by Crippen LogP contribution is -2.08. The van der Waals surface area contributed by atoms with Crippen LogP contribution in [0.3, 0.4) is 0 Å². The molecule has 0 spiro atoms. The number of alkyl halides is 1. The lowest BCUT2D eigenvalue weighted by molar-refractivity contribution is -0.114. The number of nitrogens with zero attached hydrogens (tertiary/aromatic N) is 1. The van der Waals surface area contributed by atoms with Gasteiger partial charge < -0.3 is 10.1 Å². The number of aromatic nitrogens is 1. The van der Waals surface area contributed by atoms with Crippen molar-refractivity contribution in [2.75, 3.05) is 18.5 Å². The van der Waals surface area contributed by atoms with E-state index in [2.05, 4.69) is 10.3 Å². The lowest BCUT2D eigenvalue weighted by atomic mass is 10.1. The number of carbonyl (C=O) groups excluding carboxylic acids is 1. The lowest BCUT2D eigenvalue weighted by Gasteiger charge is -2.08. The second-order valence-corrected chi connectivity index (χ2v) is 5.21. The smallest absolute Gasteiger partial charge is 0.215 e. The minimum Gasteiger partial charge on any atom is -0.478 e. The van der Waals surface area contributed by atoms with Crippen LogP contribution in [0, 0.1) is 0 Å². The van der Waals surface area contributed by atoms with E-state index in [1.165, 1.54) is 26.0 Å². The number of hydrogen-bond donors (Lipinski definition) is 1. The molecule has 0 saturated heterocycles. The molecule has 0 aromatic carbocycles. The molecule has 0 aliphatic carbocycles. The monoisotopic (exact) mass is 294 g/mol. The quantitative estimate of drug-likeness (QED) is 0.559. The van der Waals surface area contributed by atoms with Gasteiger partial charge in [-0.2, -0.15) is 0 Å². The third-order valence-corrected chi connectivity index (χ3v) is 2.62. The Hall–Kier alpha value is -1.91. The molecule has 0 atom stereocenters. The van der Waals surface area contributed by atoms with Gasteiger partial charge in [-0.15, -0.1) is 0 Å². The molecular formula is C16H23FN2O2. The van der Waals surface area contributed by atoms with Gasteiger partial charge in [0.05, 0.1) is 6.61 Å². The Labute approximate surface area is 125 Å². The van der Waals surface area contributed by atoms with Crippen molar-refractivity contribution < 1.29 is 13.9 Å². The molecule has 1 heterocycles. The first kappa shape index (κ1) is 17.1. The summed E-state index contributed by atoms with van der Waals surface area (Å²) in [4.78, 5) is 15.6. The predicted octanol–water partition coefficient (Wildman–Crippen LogP) is 3.55. The van der Waals surface area contributed by atoms with Gasteiger partial charge in [0.1, 0.15) is 5.67 Å². The molecule has 1 rings (SSSR count). The molecule has 0 amide bonds. The summed E-state index contributed by atoms with van der Waals surface area (Å²) in [6, 6.07) is 3.66. The SMILES string of the molecule is CCOc1cc(NCCCC(=O)/C=C/C(C)(C)F)ccn1. The van der Waals surface area contributed by atoms with Gasteiger partial charge in [-0.1, -0.05) is 0 Å². The van der Waals surface area contributed by atoms with Crippen LogP contribution in [0.2, 0.25) is 0 Å². The molecule has 1 aromatic rings. The van der Waals surface area contributed by atoms with E-state index in [9.17, 15) is 9.18 Å². The number of pyridine rings is 1. The summed E-state index contributed by atoms with van der Waals surface area (Å²) >= 11 is 0.